The van der Waals surface area contributed by atoms with Crippen LogP contribution in [-0.4, -0.2) is 23.8 Å². The van der Waals surface area contributed by atoms with Gasteiger partial charge in [-0.05, 0) is 45.0 Å². The van der Waals surface area contributed by atoms with Crippen LogP contribution in [0, 0.1) is 30.9 Å². The number of nitro benzene ring substituents is 1. The molecule has 9 nitrogen and oxygen atoms in total. The van der Waals surface area contributed by atoms with E-state index in [4.69, 9.17) is 11.6 Å². The molecule has 0 unspecified atom stereocenters. The first-order valence-electron chi connectivity index (χ1n) is 9.04. The second-order valence-corrected chi connectivity index (χ2v) is 8.91. The van der Waals surface area contributed by atoms with Gasteiger partial charge in [0, 0.05) is 28.7 Å². The van der Waals surface area contributed by atoms with E-state index in [0.29, 0.717) is 5.69 Å². The summed E-state index contributed by atoms with van der Waals surface area (Å²) in [5, 5.41) is 11.1. The highest BCUT2D eigenvalue weighted by Gasteiger charge is 2.24. The molecule has 1 heterocycles. The van der Waals surface area contributed by atoms with E-state index in [-0.39, 0.29) is 16.1 Å². The summed E-state index contributed by atoms with van der Waals surface area (Å²) in [6, 6.07) is 13.0. The number of para-hydroxylation sites is 1. The Morgan fingerprint density at radius 3 is 2.35 bits per heavy atom. The SMILES string of the molecule is Cc1c(Cl)cc(S(=O)(=O)NNC(=O)c2cc(C)n(-c3ccccc3)c2C)cc1[N+](=O)[O-]. The number of benzene rings is 2. The second kappa shape index (κ2) is 8.50. The van der Waals surface area contributed by atoms with Crippen LogP contribution < -0.4 is 10.3 Å². The Bertz CT molecular complexity index is 1290. The molecule has 0 aliphatic heterocycles. The lowest BCUT2D eigenvalue weighted by Gasteiger charge is -2.11. The van der Waals surface area contributed by atoms with E-state index in [1.807, 2.05) is 46.7 Å². The van der Waals surface area contributed by atoms with E-state index in [9.17, 15) is 23.3 Å². The summed E-state index contributed by atoms with van der Waals surface area (Å²) in [6.07, 6.45) is 0. The van der Waals surface area contributed by atoms with E-state index in [2.05, 4.69) is 5.43 Å². The zero-order chi connectivity index (χ0) is 22.9. The Morgan fingerprint density at radius 1 is 1.10 bits per heavy atom. The van der Waals surface area contributed by atoms with E-state index in [1.54, 1.807) is 13.0 Å². The van der Waals surface area contributed by atoms with Crippen molar-refractivity contribution in [2.75, 3.05) is 0 Å². The van der Waals surface area contributed by atoms with E-state index in [0.717, 1.165) is 23.5 Å². The molecule has 11 heteroatoms. The van der Waals surface area contributed by atoms with Gasteiger partial charge in [-0.3, -0.25) is 20.3 Å². The Balaban J connectivity index is 1.85. The molecular weight excluding hydrogens is 444 g/mol. The van der Waals surface area contributed by atoms with Gasteiger partial charge < -0.3 is 4.57 Å². The monoisotopic (exact) mass is 462 g/mol. The van der Waals surface area contributed by atoms with Crippen LogP contribution in [0.4, 0.5) is 5.69 Å². The predicted molar refractivity (Wildman–Crippen MR) is 116 cm³/mol. The van der Waals surface area contributed by atoms with Crippen molar-refractivity contribution in [3.05, 3.63) is 86.2 Å². The van der Waals surface area contributed by atoms with Gasteiger partial charge in [0.1, 0.15) is 0 Å². The molecule has 31 heavy (non-hydrogen) atoms. The summed E-state index contributed by atoms with van der Waals surface area (Å²) in [6.45, 7) is 4.98. The minimum atomic E-state index is -4.30. The molecule has 0 saturated heterocycles. The molecule has 0 bridgehead atoms. The summed E-state index contributed by atoms with van der Waals surface area (Å²) in [7, 11) is -4.30. The van der Waals surface area contributed by atoms with Gasteiger partial charge in [-0.1, -0.05) is 29.8 Å². The van der Waals surface area contributed by atoms with Crippen molar-refractivity contribution >= 4 is 33.2 Å². The maximum absolute atomic E-state index is 12.7. The first-order valence-corrected chi connectivity index (χ1v) is 10.9. The van der Waals surface area contributed by atoms with Crippen LogP contribution in [0.5, 0.6) is 0 Å². The van der Waals surface area contributed by atoms with Crippen LogP contribution in [0.1, 0.15) is 27.3 Å². The summed E-state index contributed by atoms with van der Waals surface area (Å²) in [4.78, 5) is 24.6. The van der Waals surface area contributed by atoms with Gasteiger partial charge in [0.2, 0.25) is 0 Å². The van der Waals surface area contributed by atoms with Crippen LogP contribution in [0.15, 0.2) is 53.4 Å². The number of carbonyl (C=O) groups excluding carboxylic acids is 1. The topological polar surface area (TPSA) is 123 Å². The maximum atomic E-state index is 12.7. The number of halogens is 1. The quantitative estimate of drug-likeness (QED) is 0.428. The van der Waals surface area contributed by atoms with Crippen LogP contribution >= 0.6 is 11.6 Å². The molecule has 0 aliphatic rings. The first-order chi connectivity index (χ1) is 14.5. The van der Waals surface area contributed by atoms with E-state index in [1.165, 1.54) is 6.92 Å². The lowest BCUT2D eigenvalue weighted by molar-refractivity contribution is -0.385. The first kappa shape index (κ1) is 22.5. The lowest BCUT2D eigenvalue weighted by Crippen LogP contribution is -2.41. The number of aromatic nitrogens is 1. The number of rotatable bonds is 6. The number of amides is 1. The number of nitrogens with zero attached hydrogens (tertiary/aromatic N) is 2. The molecule has 3 rings (SSSR count). The van der Waals surface area contributed by atoms with Crippen molar-refractivity contribution in [3.8, 4) is 5.69 Å². The third-order valence-corrected chi connectivity index (χ3v) is 6.41. The summed E-state index contributed by atoms with van der Waals surface area (Å²) >= 11 is 5.94. The number of hydrogen-bond acceptors (Lipinski definition) is 5. The molecule has 2 aromatic carbocycles. The highest BCUT2D eigenvalue weighted by Crippen LogP contribution is 2.29. The van der Waals surface area contributed by atoms with Gasteiger partial charge in [-0.15, -0.1) is 4.83 Å². The lowest BCUT2D eigenvalue weighted by atomic mass is 10.2. The Labute approximate surface area is 183 Å². The van der Waals surface area contributed by atoms with Gasteiger partial charge in [0.05, 0.1) is 20.4 Å². The summed E-state index contributed by atoms with van der Waals surface area (Å²) in [5.41, 5.74) is 4.40. The average Bonchev–Trinajstić information content (AvgIpc) is 3.02. The molecule has 0 spiro atoms. The molecule has 3 aromatic rings. The standard InChI is InChI=1S/C20H19ClN4O5S/c1-12-9-17(14(3)24(12)15-7-5-4-6-8-15)20(26)22-23-31(29,30)16-10-18(21)13(2)19(11-16)25(27)28/h4-11,23H,1-3H3,(H,22,26). The fourth-order valence-corrected chi connectivity index (χ4v) is 4.36. The van der Waals surface area contributed by atoms with Gasteiger partial charge in [0.25, 0.3) is 21.6 Å². The highest BCUT2D eigenvalue weighted by molar-refractivity contribution is 7.89. The van der Waals surface area contributed by atoms with Crippen molar-refractivity contribution in [2.45, 2.75) is 25.7 Å². The smallest absolute Gasteiger partial charge is 0.275 e. The number of hydrazine groups is 1. The molecule has 1 amide bonds. The third kappa shape index (κ3) is 4.46. The molecule has 0 fully saturated rings. The minimum absolute atomic E-state index is 0.0766. The minimum Gasteiger partial charge on any atom is -0.318 e. The maximum Gasteiger partial charge on any atom is 0.275 e. The molecular formula is C20H19ClN4O5S. The predicted octanol–water partition coefficient (Wildman–Crippen LogP) is 3.59. The Kier molecular flexibility index (Phi) is 6.16. The molecule has 1 aromatic heterocycles. The van der Waals surface area contributed by atoms with E-state index < -0.39 is 31.4 Å². The Hall–Kier alpha value is -3.21. The highest BCUT2D eigenvalue weighted by atomic mass is 35.5. The molecule has 0 saturated carbocycles. The van der Waals surface area contributed by atoms with Gasteiger partial charge >= 0.3 is 0 Å². The molecule has 162 valence electrons. The summed E-state index contributed by atoms with van der Waals surface area (Å²) in [5.74, 6) is -0.674. The van der Waals surface area contributed by atoms with Crippen LogP contribution in [0.25, 0.3) is 5.69 Å². The van der Waals surface area contributed by atoms with Crippen molar-refractivity contribution in [3.63, 3.8) is 0 Å². The van der Waals surface area contributed by atoms with Crippen LogP contribution in [-0.2, 0) is 10.0 Å². The largest absolute Gasteiger partial charge is 0.318 e. The number of nitro groups is 1. The number of sulfonamides is 1. The number of nitrogens with one attached hydrogen (secondary N) is 2. The van der Waals surface area contributed by atoms with Crippen molar-refractivity contribution in [1.29, 1.82) is 0 Å². The van der Waals surface area contributed by atoms with Crippen molar-refractivity contribution in [2.24, 2.45) is 0 Å². The Morgan fingerprint density at radius 2 is 1.74 bits per heavy atom. The zero-order valence-corrected chi connectivity index (χ0v) is 18.4. The number of aryl methyl sites for hydroxylation is 1. The fraction of sp³-hybridized carbons (Fsp3) is 0.150. The zero-order valence-electron chi connectivity index (χ0n) is 16.8. The fourth-order valence-electron chi connectivity index (χ4n) is 3.19. The average molecular weight is 463 g/mol. The number of hydrogen-bond donors (Lipinski definition) is 2. The summed E-state index contributed by atoms with van der Waals surface area (Å²) < 4.78 is 27.0. The van der Waals surface area contributed by atoms with E-state index >= 15 is 0 Å². The molecule has 0 aliphatic carbocycles. The van der Waals surface area contributed by atoms with Crippen LogP contribution in [0.3, 0.4) is 0 Å². The molecule has 0 radical (unpaired) electrons. The third-order valence-electron chi connectivity index (χ3n) is 4.79. The second-order valence-electron chi connectivity index (χ2n) is 6.82. The van der Waals surface area contributed by atoms with Crippen molar-refractivity contribution < 1.29 is 18.1 Å². The van der Waals surface area contributed by atoms with Gasteiger partial charge in [-0.25, -0.2) is 8.42 Å². The van der Waals surface area contributed by atoms with Crippen LogP contribution in [0.2, 0.25) is 5.02 Å². The van der Waals surface area contributed by atoms with Gasteiger partial charge in [-0.2, -0.15) is 0 Å². The molecule has 2 N–H and O–H groups in total. The number of carbonyl (C=O) groups is 1. The van der Waals surface area contributed by atoms with Crippen molar-refractivity contribution in [1.82, 2.24) is 14.8 Å². The van der Waals surface area contributed by atoms with Gasteiger partial charge in [0.15, 0.2) is 0 Å². The normalized spacial score (nSPS) is 11.4. The molecule has 0 atom stereocenters.